The van der Waals surface area contributed by atoms with E-state index in [0.29, 0.717) is 45.3 Å². The molecule has 6 aromatic carbocycles. The van der Waals surface area contributed by atoms with E-state index in [2.05, 4.69) is 26.0 Å². The molecule has 0 bridgehead atoms. The van der Waals surface area contributed by atoms with Crippen molar-refractivity contribution in [3.8, 4) is 22.3 Å². The standard InChI is InChI=1S/C41H34O/c1-41(2)35-17-9-7-11-27(35)33-23-25(19-21-36(33)41)39-29-13-3-5-15-31(29)40(32-16-6-4-14-30(32)39)26-20-22-38-34(24-26)28-12-8-10-18-37(28)42-38/h3-6,8,10,12-16,18-24,27,35H,7,9,11,17H2,1-2H3/i3D,4D,5D,6D,13D,14D,15D,16D. The largest absolute Gasteiger partial charge is 0.456 e. The summed E-state index contributed by atoms with van der Waals surface area (Å²) < 4.78 is 78.6. The highest BCUT2D eigenvalue weighted by molar-refractivity contribution is 6.22. The quantitative estimate of drug-likeness (QED) is 0.195. The van der Waals surface area contributed by atoms with E-state index < -0.39 is 12.1 Å². The molecule has 1 nitrogen and oxygen atoms in total. The maximum atomic E-state index is 9.35. The van der Waals surface area contributed by atoms with Gasteiger partial charge in [-0.3, -0.25) is 0 Å². The van der Waals surface area contributed by atoms with Gasteiger partial charge in [0.2, 0.25) is 0 Å². The predicted molar refractivity (Wildman–Crippen MR) is 177 cm³/mol. The number of rotatable bonds is 2. The van der Waals surface area contributed by atoms with Crippen molar-refractivity contribution in [3.63, 3.8) is 0 Å². The molecule has 0 spiro atoms. The van der Waals surface area contributed by atoms with E-state index in [9.17, 15) is 5.48 Å². The third kappa shape index (κ3) is 3.31. The van der Waals surface area contributed by atoms with Gasteiger partial charge in [0.15, 0.2) is 0 Å². The minimum atomic E-state index is -0.398. The lowest BCUT2D eigenvalue weighted by atomic mass is 9.70. The average molecular weight is 551 g/mol. The number of fused-ring (bicyclic) bond motifs is 8. The molecule has 2 unspecified atom stereocenters. The van der Waals surface area contributed by atoms with Gasteiger partial charge in [0.1, 0.15) is 11.2 Å². The van der Waals surface area contributed by atoms with Crippen LogP contribution in [0.5, 0.6) is 0 Å². The summed E-state index contributed by atoms with van der Waals surface area (Å²) in [5, 5.41) is 2.63. The molecular formula is C41H34O. The third-order valence-electron chi connectivity index (χ3n) is 10.2. The molecule has 2 aliphatic carbocycles. The Bertz CT molecular complexity index is 2550. The van der Waals surface area contributed by atoms with Crippen molar-refractivity contribution < 1.29 is 15.4 Å². The Hall–Kier alpha value is -4.36. The van der Waals surface area contributed by atoms with Crippen molar-refractivity contribution >= 4 is 43.5 Å². The third-order valence-corrected chi connectivity index (χ3v) is 10.2. The maximum absolute atomic E-state index is 9.35. The molecule has 0 saturated heterocycles. The highest BCUT2D eigenvalue weighted by Crippen LogP contribution is 2.57. The normalized spacial score (nSPS) is 22.1. The average Bonchev–Trinajstić information content (AvgIpc) is 3.61. The Morgan fingerprint density at radius 3 is 1.95 bits per heavy atom. The summed E-state index contributed by atoms with van der Waals surface area (Å²) in [6.45, 7) is 4.63. The SMILES string of the molecule is [2H]c1c([2H])c([2H])c2c(-c3ccc4oc5ccccc5c4c3)c3c([2H])c([2H])c([2H])c([2H])c3c(-c3ccc4c(c3)C3CCCCC3C4(C)C)c2c1[2H]. The summed E-state index contributed by atoms with van der Waals surface area (Å²) in [7, 11) is 0. The summed E-state index contributed by atoms with van der Waals surface area (Å²) in [6.07, 6.45) is 4.59. The Balaban J connectivity index is 1.48. The molecule has 1 saturated carbocycles. The summed E-state index contributed by atoms with van der Waals surface area (Å²) in [5.74, 6) is 0.866. The van der Waals surface area contributed by atoms with Gasteiger partial charge in [-0.1, -0.05) is 117 Å². The van der Waals surface area contributed by atoms with Crippen molar-refractivity contribution in [3.05, 3.63) is 120 Å². The van der Waals surface area contributed by atoms with Crippen LogP contribution in [0.2, 0.25) is 0 Å². The van der Waals surface area contributed by atoms with Gasteiger partial charge in [-0.05, 0) is 103 Å². The molecule has 204 valence electrons. The van der Waals surface area contributed by atoms with Crippen LogP contribution in [0, 0.1) is 5.92 Å². The second-order valence-electron chi connectivity index (χ2n) is 12.6. The Morgan fingerprint density at radius 1 is 0.643 bits per heavy atom. The zero-order chi connectivity index (χ0) is 35.0. The Morgan fingerprint density at radius 2 is 1.24 bits per heavy atom. The fourth-order valence-corrected chi connectivity index (χ4v) is 8.26. The van der Waals surface area contributed by atoms with E-state index in [-0.39, 0.29) is 63.2 Å². The topological polar surface area (TPSA) is 13.1 Å². The molecule has 0 amide bonds. The van der Waals surface area contributed by atoms with E-state index in [1.807, 2.05) is 48.5 Å². The number of para-hydroxylation sites is 1. The van der Waals surface area contributed by atoms with Crippen molar-refractivity contribution in [2.75, 3.05) is 0 Å². The van der Waals surface area contributed by atoms with Gasteiger partial charge in [-0.2, -0.15) is 0 Å². The van der Waals surface area contributed by atoms with Gasteiger partial charge < -0.3 is 4.42 Å². The summed E-state index contributed by atoms with van der Waals surface area (Å²) in [6, 6.07) is 16.9. The first-order valence-corrected chi connectivity index (χ1v) is 14.9. The lowest BCUT2D eigenvalue weighted by molar-refractivity contribution is 0.233. The van der Waals surface area contributed by atoms with Crippen LogP contribution in [0.15, 0.2) is 113 Å². The lowest BCUT2D eigenvalue weighted by Gasteiger charge is -2.34. The Labute approximate surface area is 258 Å². The first kappa shape index (κ1) is 17.6. The van der Waals surface area contributed by atoms with Crippen LogP contribution in [0.25, 0.3) is 65.7 Å². The molecule has 1 aromatic heterocycles. The monoisotopic (exact) mass is 550 g/mol. The van der Waals surface area contributed by atoms with Gasteiger partial charge in [0.25, 0.3) is 0 Å². The molecule has 1 heteroatoms. The van der Waals surface area contributed by atoms with Crippen molar-refractivity contribution in [2.24, 2.45) is 5.92 Å². The van der Waals surface area contributed by atoms with Gasteiger partial charge >= 0.3 is 0 Å². The zero-order valence-corrected chi connectivity index (χ0v) is 23.7. The van der Waals surface area contributed by atoms with Crippen LogP contribution in [0.3, 0.4) is 0 Å². The second kappa shape index (κ2) is 8.82. The second-order valence-corrected chi connectivity index (χ2v) is 12.6. The van der Waals surface area contributed by atoms with E-state index in [0.717, 1.165) is 30.0 Å². The minimum Gasteiger partial charge on any atom is -0.456 e. The lowest BCUT2D eigenvalue weighted by Crippen LogP contribution is -2.27. The molecular weight excluding hydrogens is 508 g/mol. The molecule has 0 aliphatic heterocycles. The molecule has 7 aromatic rings. The van der Waals surface area contributed by atoms with E-state index in [1.54, 1.807) is 0 Å². The highest BCUT2D eigenvalue weighted by Gasteiger charge is 2.46. The van der Waals surface area contributed by atoms with Gasteiger partial charge in [-0.25, -0.2) is 0 Å². The Kier molecular flexibility index (Phi) is 3.69. The molecule has 2 aliphatic rings. The van der Waals surface area contributed by atoms with E-state index in [1.165, 1.54) is 17.5 Å². The van der Waals surface area contributed by atoms with E-state index in [4.69, 9.17) is 9.90 Å². The first-order valence-electron chi connectivity index (χ1n) is 18.9. The van der Waals surface area contributed by atoms with Crippen LogP contribution in [0.4, 0.5) is 0 Å². The summed E-state index contributed by atoms with van der Waals surface area (Å²) in [5.41, 5.74) is 5.87. The van der Waals surface area contributed by atoms with Crippen LogP contribution in [-0.4, -0.2) is 0 Å². The molecule has 42 heavy (non-hydrogen) atoms. The highest BCUT2D eigenvalue weighted by atomic mass is 16.3. The number of hydrogen-bond donors (Lipinski definition) is 0. The van der Waals surface area contributed by atoms with E-state index >= 15 is 0 Å². The first-order chi connectivity index (χ1) is 23.9. The number of furan rings is 1. The van der Waals surface area contributed by atoms with Gasteiger partial charge in [0, 0.05) is 10.8 Å². The predicted octanol–water partition coefficient (Wildman–Crippen LogP) is 11.8. The number of benzene rings is 6. The fourth-order valence-electron chi connectivity index (χ4n) is 8.26. The summed E-state index contributed by atoms with van der Waals surface area (Å²) in [4.78, 5) is 0. The van der Waals surface area contributed by atoms with Crippen LogP contribution >= 0.6 is 0 Å². The van der Waals surface area contributed by atoms with Crippen molar-refractivity contribution in [2.45, 2.75) is 50.9 Å². The maximum Gasteiger partial charge on any atom is 0.135 e. The van der Waals surface area contributed by atoms with Crippen LogP contribution in [-0.2, 0) is 5.41 Å². The van der Waals surface area contributed by atoms with Crippen LogP contribution in [0.1, 0.15) is 67.5 Å². The van der Waals surface area contributed by atoms with Gasteiger partial charge in [0.05, 0.1) is 11.0 Å². The van der Waals surface area contributed by atoms with Crippen molar-refractivity contribution in [1.82, 2.24) is 0 Å². The summed E-state index contributed by atoms with van der Waals surface area (Å²) >= 11 is 0. The molecule has 9 rings (SSSR count). The zero-order valence-electron chi connectivity index (χ0n) is 31.7. The molecule has 1 fully saturated rings. The minimum absolute atomic E-state index is 0.0182. The molecule has 1 heterocycles. The van der Waals surface area contributed by atoms with Gasteiger partial charge in [-0.15, -0.1) is 0 Å². The molecule has 0 N–H and O–H groups in total. The van der Waals surface area contributed by atoms with Crippen molar-refractivity contribution in [1.29, 1.82) is 0 Å². The molecule has 0 radical (unpaired) electrons. The number of hydrogen-bond acceptors (Lipinski definition) is 1. The molecule has 2 atom stereocenters. The fraction of sp³-hybridized carbons (Fsp3) is 0.220. The smallest absolute Gasteiger partial charge is 0.135 e. The van der Waals surface area contributed by atoms with Crippen LogP contribution < -0.4 is 0 Å².